The van der Waals surface area contributed by atoms with Gasteiger partial charge in [0.25, 0.3) is 0 Å². The van der Waals surface area contributed by atoms with Crippen molar-refractivity contribution in [2.75, 3.05) is 0 Å². The van der Waals surface area contributed by atoms with E-state index in [1.54, 1.807) is 30.3 Å². The predicted molar refractivity (Wildman–Crippen MR) is 95.1 cm³/mol. The van der Waals surface area contributed by atoms with Crippen LogP contribution in [0.5, 0.6) is 0 Å². The summed E-state index contributed by atoms with van der Waals surface area (Å²) in [5, 5.41) is -0.921. The molecule has 0 fully saturated rings. The highest BCUT2D eigenvalue weighted by Gasteiger charge is 2.42. The van der Waals surface area contributed by atoms with Gasteiger partial charge in [0.15, 0.2) is 11.8 Å². The maximum Gasteiger partial charge on any atom is 0.205 e. The predicted octanol–water partition coefficient (Wildman–Crippen LogP) is 3.63. The van der Waals surface area contributed by atoms with Gasteiger partial charge in [0, 0.05) is 5.92 Å². The number of hydrogen-bond donors (Lipinski definition) is 0. The quantitative estimate of drug-likeness (QED) is 0.852. The summed E-state index contributed by atoms with van der Waals surface area (Å²) >= 11 is 0. The van der Waals surface area contributed by atoms with Gasteiger partial charge >= 0.3 is 0 Å². The Bertz CT molecular complexity index is 859. The van der Waals surface area contributed by atoms with E-state index in [0.29, 0.717) is 0 Å². The fraction of sp³-hybridized carbons (Fsp3) is 0.316. The van der Waals surface area contributed by atoms with Crippen LogP contribution in [0.25, 0.3) is 0 Å². The van der Waals surface area contributed by atoms with E-state index in [2.05, 4.69) is 24.9 Å². The Labute approximate surface area is 143 Å². The van der Waals surface area contributed by atoms with E-state index in [9.17, 15) is 8.42 Å². The van der Waals surface area contributed by atoms with Crippen LogP contribution in [0.2, 0.25) is 0 Å². The van der Waals surface area contributed by atoms with Crippen LogP contribution in [0.15, 0.2) is 58.4 Å². The molecular weight excluding hydrogens is 322 g/mol. The molecule has 1 aliphatic heterocycles. The summed E-state index contributed by atoms with van der Waals surface area (Å²) in [5.74, 6) is -0.0871. The van der Waals surface area contributed by atoms with Crippen LogP contribution in [-0.2, 0) is 14.6 Å². The second-order valence-electron chi connectivity index (χ2n) is 6.18. The van der Waals surface area contributed by atoms with Crippen molar-refractivity contribution >= 4 is 16.2 Å². The summed E-state index contributed by atoms with van der Waals surface area (Å²) in [6, 6.07) is 14.5. The van der Waals surface area contributed by atoms with Gasteiger partial charge in [-0.25, -0.2) is 13.4 Å². The highest BCUT2D eigenvalue weighted by Crippen LogP contribution is 2.34. The van der Waals surface area contributed by atoms with Crippen LogP contribution < -0.4 is 0 Å². The van der Waals surface area contributed by atoms with E-state index in [0.717, 1.165) is 11.1 Å². The molecule has 3 atom stereocenters. The van der Waals surface area contributed by atoms with Gasteiger partial charge in [0.1, 0.15) is 6.10 Å². The lowest BCUT2D eigenvalue weighted by atomic mass is 9.89. The monoisotopic (exact) mass is 343 g/mol. The number of nitrogens with zero attached hydrogens (tertiary/aromatic N) is 1. The third-order valence-electron chi connectivity index (χ3n) is 4.73. The lowest BCUT2D eigenvalue weighted by molar-refractivity contribution is 0.193. The Morgan fingerprint density at radius 2 is 1.75 bits per heavy atom. The molecule has 1 aliphatic rings. The summed E-state index contributed by atoms with van der Waals surface area (Å²) in [5.41, 5.74) is 3.44. The third kappa shape index (κ3) is 2.84. The molecule has 0 radical (unpaired) electrons. The highest BCUT2D eigenvalue weighted by molar-refractivity contribution is 7.92. The Hall–Kier alpha value is -2.14. The van der Waals surface area contributed by atoms with Crippen molar-refractivity contribution in [2.45, 2.75) is 43.1 Å². The van der Waals surface area contributed by atoms with Crippen LogP contribution in [0.4, 0.5) is 0 Å². The van der Waals surface area contributed by atoms with Crippen LogP contribution in [0.1, 0.15) is 29.5 Å². The molecule has 2 aromatic carbocycles. The Morgan fingerprint density at radius 3 is 2.46 bits per heavy atom. The normalized spacial score (nSPS) is 21.5. The van der Waals surface area contributed by atoms with Crippen LogP contribution in [0.3, 0.4) is 0 Å². The maximum atomic E-state index is 12.9. The molecule has 126 valence electrons. The standard InChI is InChI=1S/C19H21NO3S/c1-13-8-7-11-17(14(13)2)15(3)18-19(20-12-23-18)24(21,22)16-9-5-4-6-10-16/h4-12,15,18-19H,1-3H3. The van der Waals surface area contributed by atoms with Gasteiger partial charge in [-0.2, -0.15) is 0 Å². The first-order valence-corrected chi connectivity index (χ1v) is 9.49. The van der Waals surface area contributed by atoms with Crippen molar-refractivity contribution in [1.82, 2.24) is 0 Å². The van der Waals surface area contributed by atoms with Crippen molar-refractivity contribution in [1.29, 1.82) is 0 Å². The molecule has 3 rings (SSSR count). The number of sulfone groups is 1. The number of rotatable bonds is 4. The molecule has 1 heterocycles. The molecule has 0 aromatic heterocycles. The van der Waals surface area contributed by atoms with E-state index >= 15 is 0 Å². The fourth-order valence-corrected chi connectivity index (χ4v) is 4.81. The Balaban J connectivity index is 1.96. The first-order valence-electron chi connectivity index (χ1n) is 7.95. The number of aliphatic imine (C=N–C) groups is 1. The maximum absolute atomic E-state index is 12.9. The molecular formula is C19H21NO3S. The van der Waals surface area contributed by atoms with Crippen molar-refractivity contribution in [3.05, 3.63) is 65.2 Å². The van der Waals surface area contributed by atoms with Gasteiger partial charge in [0.05, 0.1) is 4.90 Å². The summed E-state index contributed by atoms with van der Waals surface area (Å²) in [6.45, 7) is 6.10. The minimum absolute atomic E-state index is 0.0871. The zero-order valence-corrected chi connectivity index (χ0v) is 14.8. The highest BCUT2D eigenvalue weighted by atomic mass is 32.2. The molecule has 0 spiro atoms. The summed E-state index contributed by atoms with van der Waals surface area (Å²) in [4.78, 5) is 4.40. The zero-order chi connectivity index (χ0) is 17.3. The van der Waals surface area contributed by atoms with Crippen molar-refractivity contribution in [2.24, 2.45) is 4.99 Å². The van der Waals surface area contributed by atoms with E-state index in [1.165, 1.54) is 12.0 Å². The molecule has 4 nitrogen and oxygen atoms in total. The summed E-state index contributed by atoms with van der Waals surface area (Å²) in [6.07, 6.45) is 0.743. The fourth-order valence-electron chi connectivity index (χ4n) is 3.13. The molecule has 3 unspecified atom stereocenters. The van der Waals surface area contributed by atoms with E-state index < -0.39 is 21.3 Å². The van der Waals surface area contributed by atoms with Crippen molar-refractivity contribution in [3.63, 3.8) is 0 Å². The first kappa shape index (κ1) is 16.7. The second-order valence-corrected chi connectivity index (χ2v) is 8.23. The van der Waals surface area contributed by atoms with Crippen molar-refractivity contribution in [3.8, 4) is 0 Å². The van der Waals surface area contributed by atoms with Crippen LogP contribution >= 0.6 is 0 Å². The smallest absolute Gasteiger partial charge is 0.205 e. The lowest BCUT2D eigenvalue weighted by Crippen LogP contribution is -2.34. The molecule has 0 N–H and O–H groups in total. The largest absolute Gasteiger partial charge is 0.476 e. The number of benzene rings is 2. The lowest BCUT2D eigenvalue weighted by Gasteiger charge is -2.25. The van der Waals surface area contributed by atoms with Gasteiger partial charge in [-0.3, -0.25) is 0 Å². The molecule has 5 heteroatoms. The SMILES string of the molecule is Cc1cccc(C(C)C2OC=NC2S(=O)(=O)c2ccccc2)c1C. The van der Waals surface area contributed by atoms with Gasteiger partial charge in [-0.05, 0) is 42.7 Å². The van der Waals surface area contributed by atoms with Gasteiger partial charge < -0.3 is 4.74 Å². The molecule has 2 aromatic rings. The minimum atomic E-state index is -3.59. The van der Waals surface area contributed by atoms with Crippen molar-refractivity contribution < 1.29 is 13.2 Å². The average molecular weight is 343 g/mol. The van der Waals surface area contributed by atoms with E-state index in [1.807, 2.05) is 19.1 Å². The molecule has 0 aliphatic carbocycles. The van der Waals surface area contributed by atoms with E-state index in [-0.39, 0.29) is 10.8 Å². The van der Waals surface area contributed by atoms with Crippen LogP contribution in [0, 0.1) is 13.8 Å². The first-order chi connectivity index (χ1) is 11.4. The number of aryl methyl sites for hydroxylation is 1. The van der Waals surface area contributed by atoms with E-state index in [4.69, 9.17) is 4.74 Å². The summed E-state index contributed by atoms with van der Waals surface area (Å²) in [7, 11) is -3.59. The molecule has 24 heavy (non-hydrogen) atoms. The minimum Gasteiger partial charge on any atom is -0.476 e. The molecule has 0 saturated heterocycles. The Morgan fingerprint density at radius 1 is 1.04 bits per heavy atom. The molecule has 0 saturated carbocycles. The van der Waals surface area contributed by atoms with Gasteiger partial charge in [-0.15, -0.1) is 0 Å². The summed E-state index contributed by atoms with van der Waals surface area (Å²) < 4.78 is 31.5. The average Bonchev–Trinajstić information content (AvgIpc) is 3.08. The second kappa shape index (κ2) is 6.40. The molecule has 0 bridgehead atoms. The van der Waals surface area contributed by atoms with Gasteiger partial charge in [-0.1, -0.05) is 43.3 Å². The number of ether oxygens (including phenoxy) is 1. The van der Waals surface area contributed by atoms with Gasteiger partial charge in [0.2, 0.25) is 9.84 Å². The zero-order valence-electron chi connectivity index (χ0n) is 14.0. The van der Waals surface area contributed by atoms with Crippen LogP contribution in [-0.4, -0.2) is 26.3 Å². The topological polar surface area (TPSA) is 55.7 Å². The third-order valence-corrected chi connectivity index (χ3v) is 6.68. The molecule has 0 amide bonds. The number of hydrogen-bond acceptors (Lipinski definition) is 4. The Kier molecular flexibility index (Phi) is 4.45.